The molecule has 0 saturated carbocycles. The molecule has 1 N–H and O–H groups in total. The van der Waals surface area contributed by atoms with Gasteiger partial charge in [-0.2, -0.15) is 0 Å². The third kappa shape index (κ3) is 3.51. The van der Waals surface area contributed by atoms with Gasteiger partial charge in [0.25, 0.3) is 10.0 Å². The van der Waals surface area contributed by atoms with Gasteiger partial charge in [0.2, 0.25) is 0 Å². The fourth-order valence-corrected chi connectivity index (χ4v) is 3.00. The number of thiazole rings is 1. The topological polar surface area (TPSA) is 85.4 Å². The van der Waals surface area contributed by atoms with Crippen molar-refractivity contribution in [3.8, 4) is 0 Å². The van der Waals surface area contributed by atoms with Crippen molar-refractivity contribution in [1.82, 2.24) is 9.87 Å². The van der Waals surface area contributed by atoms with Crippen molar-refractivity contribution in [2.24, 2.45) is 0 Å². The van der Waals surface area contributed by atoms with Gasteiger partial charge in [-0.05, 0) is 17.0 Å². The summed E-state index contributed by atoms with van der Waals surface area (Å²) < 4.78 is 23.4. The van der Waals surface area contributed by atoms with Crippen LogP contribution in [0.5, 0.6) is 0 Å². The minimum absolute atomic E-state index is 0.0785. The van der Waals surface area contributed by atoms with E-state index in [1.807, 2.05) is 0 Å². The molecular formula is C10H7ClN2O4S2. The Morgan fingerprint density at radius 3 is 2.58 bits per heavy atom. The summed E-state index contributed by atoms with van der Waals surface area (Å²) in [6.07, 6.45) is 0. The van der Waals surface area contributed by atoms with Gasteiger partial charge in [-0.3, -0.25) is 0 Å². The number of nitrogens with one attached hydrogen (secondary N) is 1. The standard InChI is InChI=1S/C10H7ClN2O4S2/c11-10-12-8(6-18-10)19(15,16)13-17-9(14)7-4-2-1-3-5-7/h1-6,13H. The molecule has 0 fully saturated rings. The van der Waals surface area contributed by atoms with Gasteiger partial charge < -0.3 is 4.84 Å². The van der Waals surface area contributed by atoms with E-state index in [0.717, 1.165) is 11.3 Å². The summed E-state index contributed by atoms with van der Waals surface area (Å²) in [5.74, 6) is -0.814. The normalized spacial score (nSPS) is 11.2. The van der Waals surface area contributed by atoms with Gasteiger partial charge in [0.05, 0.1) is 5.56 Å². The van der Waals surface area contributed by atoms with Crippen LogP contribution in [-0.4, -0.2) is 19.4 Å². The maximum absolute atomic E-state index is 11.7. The Bertz CT molecular complexity index is 685. The number of aromatic nitrogens is 1. The van der Waals surface area contributed by atoms with Crippen molar-refractivity contribution in [3.05, 3.63) is 45.7 Å². The van der Waals surface area contributed by atoms with Gasteiger partial charge >= 0.3 is 5.97 Å². The van der Waals surface area contributed by atoms with Crippen LogP contribution < -0.4 is 4.89 Å². The summed E-state index contributed by atoms with van der Waals surface area (Å²) in [6.45, 7) is 0. The van der Waals surface area contributed by atoms with Gasteiger partial charge in [-0.1, -0.05) is 29.8 Å². The second-order valence-corrected chi connectivity index (χ2v) is 6.31. The molecule has 19 heavy (non-hydrogen) atoms. The van der Waals surface area contributed by atoms with Crippen LogP contribution in [0.4, 0.5) is 0 Å². The molecule has 2 rings (SSSR count). The Morgan fingerprint density at radius 2 is 2.00 bits per heavy atom. The van der Waals surface area contributed by atoms with Crippen molar-refractivity contribution in [3.63, 3.8) is 0 Å². The predicted molar refractivity (Wildman–Crippen MR) is 69.3 cm³/mol. The minimum atomic E-state index is -4.02. The van der Waals surface area contributed by atoms with Gasteiger partial charge in [0.15, 0.2) is 9.49 Å². The van der Waals surface area contributed by atoms with E-state index in [1.54, 1.807) is 23.1 Å². The molecule has 0 amide bonds. The molecule has 1 heterocycles. The van der Waals surface area contributed by atoms with Crippen molar-refractivity contribution >= 4 is 38.9 Å². The zero-order valence-corrected chi connectivity index (χ0v) is 11.6. The van der Waals surface area contributed by atoms with Crippen LogP contribution in [0, 0.1) is 0 Å². The van der Waals surface area contributed by atoms with E-state index in [-0.39, 0.29) is 15.1 Å². The third-order valence-corrected chi connectivity index (χ3v) is 4.17. The number of rotatable bonds is 4. The van der Waals surface area contributed by atoms with E-state index >= 15 is 0 Å². The summed E-state index contributed by atoms with van der Waals surface area (Å²) in [7, 11) is -4.02. The third-order valence-electron chi connectivity index (χ3n) is 1.98. The first-order valence-corrected chi connectivity index (χ1v) is 7.62. The fourth-order valence-electron chi connectivity index (χ4n) is 1.13. The number of hydrogen-bond acceptors (Lipinski definition) is 6. The van der Waals surface area contributed by atoms with Crippen LogP contribution in [0.25, 0.3) is 0 Å². The Morgan fingerprint density at radius 1 is 1.32 bits per heavy atom. The highest BCUT2D eigenvalue weighted by atomic mass is 35.5. The maximum Gasteiger partial charge on any atom is 0.357 e. The van der Waals surface area contributed by atoms with Crippen LogP contribution in [0.15, 0.2) is 40.7 Å². The molecule has 0 aliphatic carbocycles. The summed E-state index contributed by atoms with van der Waals surface area (Å²) in [4.78, 5) is 21.3. The number of carbonyl (C=O) groups is 1. The van der Waals surface area contributed by atoms with Crippen LogP contribution in [0.1, 0.15) is 10.4 Å². The van der Waals surface area contributed by atoms with Gasteiger partial charge in [0, 0.05) is 5.38 Å². The lowest BCUT2D eigenvalue weighted by molar-refractivity contribution is 0.0407. The number of halogens is 1. The number of nitrogens with zero attached hydrogens (tertiary/aromatic N) is 1. The van der Waals surface area contributed by atoms with Gasteiger partial charge in [-0.25, -0.2) is 18.2 Å². The van der Waals surface area contributed by atoms with E-state index in [0.29, 0.717) is 0 Å². The van der Waals surface area contributed by atoms with Crippen molar-refractivity contribution in [1.29, 1.82) is 0 Å². The van der Waals surface area contributed by atoms with Gasteiger partial charge in [-0.15, -0.1) is 11.3 Å². The van der Waals surface area contributed by atoms with Crippen molar-refractivity contribution in [2.75, 3.05) is 0 Å². The average Bonchev–Trinajstić information content (AvgIpc) is 2.85. The zero-order chi connectivity index (χ0) is 13.9. The molecule has 0 saturated heterocycles. The Balaban J connectivity index is 2.05. The lowest BCUT2D eigenvalue weighted by Gasteiger charge is -2.04. The quantitative estimate of drug-likeness (QED) is 0.869. The Hall–Kier alpha value is -1.48. The highest BCUT2D eigenvalue weighted by Gasteiger charge is 2.20. The minimum Gasteiger partial charge on any atom is -0.351 e. The first kappa shape index (κ1) is 13.9. The Labute approximate surface area is 118 Å². The molecular weight excluding hydrogens is 312 g/mol. The SMILES string of the molecule is O=C(ONS(=O)(=O)c1csc(Cl)n1)c1ccccc1. The van der Waals surface area contributed by atoms with E-state index < -0.39 is 16.0 Å². The molecule has 0 unspecified atom stereocenters. The zero-order valence-electron chi connectivity index (χ0n) is 9.24. The lowest BCUT2D eigenvalue weighted by Crippen LogP contribution is -2.27. The summed E-state index contributed by atoms with van der Waals surface area (Å²) >= 11 is 6.49. The lowest BCUT2D eigenvalue weighted by atomic mass is 10.2. The van der Waals surface area contributed by atoms with Crippen LogP contribution >= 0.6 is 22.9 Å². The summed E-state index contributed by atoms with van der Waals surface area (Å²) in [6, 6.07) is 7.97. The molecule has 2 aromatic rings. The molecule has 1 aromatic carbocycles. The van der Waals surface area contributed by atoms with E-state index in [1.165, 1.54) is 17.5 Å². The predicted octanol–water partition coefficient (Wildman–Crippen LogP) is 1.85. The molecule has 0 aliphatic rings. The molecule has 0 atom stereocenters. The Kier molecular flexibility index (Phi) is 4.15. The highest BCUT2D eigenvalue weighted by Crippen LogP contribution is 2.18. The molecule has 1 aromatic heterocycles. The molecule has 9 heteroatoms. The van der Waals surface area contributed by atoms with Crippen LogP contribution in [-0.2, 0) is 14.9 Å². The van der Waals surface area contributed by atoms with Crippen LogP contribution in [0.3, 0.4) is 0 Å². The second-order valence-electron chi connectivity index (χ2n) is 3.28. The maximum atomic E-state index is 11.7. The van der Waals surface area contributed by atoms with E-state index in [2.05, 4.69) is 9.82 Å². The number of benzene rings is 1. The first-order valence-electron chi connectivity index (χ1n) is 4.88. The molecule has 0 aliphatic heterocycles. The first-order chi connectivity index (χ1) is 8.99. The molecule has 0 radical (unpaired) electrons. The summed E-state index contributed by atoms with van der Waals surface area (Å²) in [5, 5.41) is 0.935. The molecule has 0 spiro atoms. The van der Waals surface area contributed by atoms with Gasteiger partial charge in [0.1, 0.15) is 0 Å². The van der Waals surface area contributed by atoms with E-state index in [4.69, 9.17) is 11.6 Å². The molecule has 0 bridgehead atoms. The fraction of sp³-hybridized carbons (Fsp3) is 0. The van der Waals surface area contributed by atoms with Crippen molar-refractivity contribution < 1.29 is 18.0 Å². The summed E-state index contributed by atoms with van der Waals surface area (Å²) in [5.41, 5.74) is 0.224. The molecule has 6 nitrogen and oxygen atoms in total. The number of sulfonamides is 1. The number of hydrogen-bond donors (Lipinski definition) is 1. The van der Waals surface area contributed by atoms with Crippen LogP contribution in [0.2, 0.25) is 4.47 Å². The van der Waals surface area contributed by atoms with E-state index in [9.17, 15) is 13.2 Å². The number of carbonyl (C=O) groups excluding carboxylic acids is 1. The monoisotopic (exact) mass is 318 g/mol. The largest absolute Gasteiger partial charge is 0.357 e. The smallest absolute Gasteiger partial charge is 0.351 e. The molecule has 100 valence electrons. The second kappa shape index (κ2) is 5.66. The highest BCUT2D eigenvalue weighted by molar-refractivity contribution is 7.89. The van der Waals surface area contributed by atoms with Crippen molar-refractivity contribution in [2.45, 2.75) is 5.03 Å². The average molecular weight is 319 g/mol.